The normalized spacial score (nSPS) is 11.9. The number of aromatic nitrogens is 6. The molecule has 18 aromatic rings. The lowest BCUT2D eigenvalue weighted by Gasteiger charge is -2.18. The fraction of sp³-hybridized carbons (Fsp3) is 0. The number of fused-ring (bicyclic) bond motifs is 12. The summed E-state index contributed by atoms with van der Waals surface area (Å²) in [7, 11) is 0. The largest absolute Gasteiger partial charge is 0.309 e. The van der Waals surface area contributed by atoms with Crippen molar-refractivity contribution in [2.75, 3.05) is 0 Å². The Kier molecular flexibility index (Phi) is 11.2. The van der Waals surface area contributed by atoms with Crippen LogP contribution < -0.4 is 0 Å². The first-order chi connectivity index (χ1) is 43.7. The Labute approximate surface area is 507 Å². The van der Waals surface area contributed by atoms with E-state index in [4.69, 9.17) is 9.97 Å². The quantitative estimate of drug-likeness (QED) is 0.145. The van der Waals surface area contributed by atoms with Crippen LogP contribution in [0.1, 0.15) is 0 Å². The van der Waals surface area contributed by atoms with Gasteiger partial charge < -0.3 is 18.3 Å². The number of nitrogens with zero attached hydrogens (tertiary/aromatic N) is 6. The molecule has 18 rings (SSSR count). The van der Waals surface area contributed by atoms with Crippen molar-refractivity contribution in [3.05, 3.63) is 315 Å². The third-order valence-corrected chi connectivity index (χ3v) is 17.9. The second-order valence-corrected chi connectivity index (χ2v) is 22.9. The van der Waals surface area contributed by atoms with Gasteiger partial charge in [0.05, 0.1) is 66.9 Å². The van der Waals surface area contributed by atoms with Gasteiger partial charge in [-0.2, -0.15) is 0 Å². The van der Waals surface area contributed by atoms with Crippen molar-refractivity contribution in [2.24, 2.45) is 0 Å². The van der Waals surface area contributed by atoms with Crippen molar-refractivity contribution in [2.45, 2.75) is 0 Å². The number of rotatable bonds is 9. The lowest BCUT2D eigenvalue weighted by molar-refractivity contribution is 1.14. The molecule has 6 heteroatoms. The first kappa shape index (κ1) is 49.6. The molecule has 0 radical (unpaired) electrons. The van der Waals surface area contributed by atoms with Gasteiger partial charge in [-0.1, -0.05) is 206 Å². The number of hydrogen-bond acceptors (Lipinski definition) is 2. The minimum absolute atomic E-state index is 0.625. The molecule has 5 heterocycles. The van der Waals surface area contributed by atoms with E-state index in [1.165, 1.54) is 54.1 Å². The summed E-state index contributed by atoms with van der Waals surface area (Å²) in [5.74, 6) is 0.625. The molecule has 0 spiro atoms. The van der Waals surface area contributed by atoms with Crippen molar-refractivity contribution >= 4 is 87.2 Å². The molecule has 0 saturated heterocycles. The van der Waals surface area contributed by atoms with Gasteiger partial charge in [0.1, 0.15) is 0 Å². The lowest BCUT2D eigenvalue weighted by Crippen LogP contribution is -2.03. The van der Waals surface area contributed by atoms with Crippen LogP contribution in [0.5, 0.6) is 0 Å². The van der Waals surface area contributed by atoms with Crippen LogP contribution in [0, 0.1) is 0 Å². The summed E-state index contributed by atoms with van der Waals surface area (Å²) in [5.41, 5.74) is 22.2. The van der Waals surface area contributed by atoms with Gasteiger partial charge in [0.25, 0.3) is 0 Å². The Bertz CT molecular complexity index is 5440. The van der Waals surface area contributed by atoms with Gasteiger partial charge >= 0.3 is 0 Å². The smallest absolute Gasteiger partial charge is 0.160 e. The van der Waals surface area contributed by atoms with E-state index in [1.807, 2.05) is 0 Å². The average molecular weight is 1120 g/mol. The molecular formula is C82H52N6. The molecule has 410 valence electrons. The third-order valence-electron chi connectivity index (χ3n) is 17.9. The second kappa shape index (κ2) is 19.9. The zero-order valence-corrected chi connectivity index (χ0v) is 47.7. The molecule has 5 aromatic heterocycles. The maximum Gasteiger partial charge on any atom is 0.160 e. The van der Waals surface area contributed by atoms with Gasteiger partial charge in [-0.25, -0.2) is 9.97 Å². The summed E-state index contributed by atoms with van der Waals surface area (Å²) in [6.45, 7) is 0. The van der Waals surface area contributed by atoms with Gasteiger partial charge in [-0.3, -0.25) is 0 Å². The Morgan fingerprint density at radius 1 is 0.193 bits per heavy atom. The highest BCUT2D eigenvalue weighted by molar-refractivity contribution is 6.21. The summed E-state index contributed by atoms with van der Waals surface area (Å²) in [6, 6.07) is 114. The second-order valence-electron chi connectivity index (χ2n) is 22.9. The summed E-state index contributed by atoms with van der Waals surface area (Å²) < 4.78 is 9.74. The highest BCUT2D eigenvalue weighted by atomic mass is 15.0. The van der Waals surface area contributed by atoms with E-state index in [-0.39, 0.29) is 0 Å². The van der Waals surface area contributed by atoms with Crippen LogP contribution in [0.2, 0.25) is 0 Å². The molecule has 0 unspecified atom stereocenters. The van der Waals surface area contributed by atoms with Crippen LogP contribution in [-0.2, 0) is 0 Å². The zero-order chi connectivity index (χ0) is 57.8. The maximum atomic E-state index is 5.78. The van der Waals surface area contributed by atoms with Crippen molar-refractivity contribution in [3.63, 3.8) is 0 Å². The van der Waals surface area contributed by atoms with Gasteiger partial charge in [-0.05, 0) is 131 Å². The monoisotopic (exact) mass is 1120 g/mol. The van der Waals surface area contributed by atoms with Gasteiger partial charge in [0.15, 0.2) is 5.82 Å². The Balaban J connectivity index is 0.912. The minimum Gasteiger partial charge on any atom is -0.309 e. The van der Waals surface area contributed by atoms with E-state index in [2.05, 4.69) is 334 Å². The standard InChI is InChI=1S/C82H52N6/c1-5-25-53(26-6-1)55-45-56(54-27-7-2-8-28-54)47-57(46-55)82-83-70(64-37-17-23-43-76(64)87-74-41-21-15-35-62(74)68-48-66-60-33-13-19-39-72(60)85(78(66)51-80(68)87)58-29-9-3-10-30-58)50-71(84-82)65-38-18-24-44-77(65)88-75-42-22-16-36-63(75)69-49-67-61-34-14-20-40-73(61)86(79(67)52-81(69)88)59-31-11-4-12-32-59/h1-52H. The third kappa shape index (κ3) is 7.76. The highest BCUT2D eigenvalue weighted by Crippen LogP contribution is 2.45. The van der Waals surface area contributed by atoms with Gasteiger partial charge in [0, 0.05) is 71.2 Å². The van der Waals surface area contributed by atoms with Crippen LogP contribution in [-0.4, -0.2) is 28.2 Å². The number of para-hydroxylation sites is 8. The van der Waals surface area contributed by atoms with E-state index in [0.717, 1.165) is 106 Å². The fourth-order valence-electron chi connectivity index (χ4n) is 14.1. The van der Waals surface area contributed by atoms with Crippen molar-refractivity contribution in [1.29, 1.82) is 0 Å². The molecule has 0 aliphatic carbocycles. The Morgan fingerprint density at radius 2 is 0.500 bits per heavy atom. The predicted molar refractivity (Wildman–Crippen MR) is 367 cm³/mol. The topological polar surface area (TPSA) is 45.5 Å². The van der Waals surface area contributed by atoms with Gasteiger partial charge in [-0.15, -0.1) is 0 Å². The van der Waals surface area contributed by atoms with E-state index in [9.17, 15) is 0 Å². The van der Waals surface area contributed by atoms with E-state index in [1.54, 1.807) is 0 Å². The summed E-state index contributed by atoms with van der Waals surface area (Å²) in [4.78, 5) is 11.6. The van der Waals surface area contributed by atoms with Crippen LogP contribution >= 0.6 is 0 Å². The predicted octanol–water partition coefficient (Wildman–Crippen LogP) is 21.2. The molecular weight excluding hydrogens is 1070 g/mol. The molecule has 0 saturated carbocycles. The first-order valence-electron chi connectivity index (χ1n) is 30.1. The average Bonchev–Trinajstić information content (AvgIpc) is 1.64. The van der Waals surface area contributed by atoms with Crippen LogP contribution in [0.15, 0.2) is 315 Å². The molecule has 13 aromatic carbocycles. The summed E-state index contributed by atoms with van der Waals surface area (Å²) in [5, 5.41) is 9.61. The highest BCUT2D eigenvalue weighted by Gasteiger charge is 2.25. The van der Waals surface area contributed by atoms with E-state index >= 15 is 0 Å². The van der Waals surface area contributed by atoms with Crippen LogP contribution in [0.3, 0.4) is 0 Å². The molecule has 0 atom stereocenters. The molecule has 0 aliphatic heterocycles. The van der Waals surface area contributed by atoms with Crippen molar-refractivity contribution in [1.82, 2.24) is 28.2 Å². The molecule has 6 nitrogen and oxygen atoms in total. The van der Waals surface area contributed by atoms with Crippen LogP contribution in [0.4, 0.5) is 0 Å². The van der Waals surface area contributed by atoms with E-state index < -0.39 is 0 Å². The maximum absolute atomic E-state index is 5.78. The zero-order valence-electron chi connectivity index (χ0n) is 47.7. The van der Waals surface area contributed by atoms with Crippen molar-refractivity contribution in [3.8, 4) is 78.9 Å². The SMILES string of the molecule is c1ccc(-c2cc(-c3ccccc3)cc(-c3nc(-c4ccccc4-n4c5ccccc5c5cc6c7ccccc7n(-c7ccccc7)c6cc54)cc(-c4ccccc4-n4c5ccccc5c5cc6c7ccccc7n(-c7ccccc7)c6cc54)n3)c2)cc1. The first-order valence-corrected chi connectivity index (χ1v) is 30.1. The number of benzene rings is 13. The Hall–Kier alpha value is -11.9. The van der Waals surface area contributed by atoms with Gasteiger partial charge in [0.2, 0.25) is 0 Å². The molecule has 88 heavy (non-hydrogen) atoms. The molecule has 0 fully saturated rings. The number of hydrogen-bond donors (Lipinski definition) is 0. The molecule has 0 N–H and O–H groups in total. The summed E-state index contributed by atoms with van der Waals surface area (Å²) >= 11 is 0. The van der Waals surface area contributed by atoms with Crippen LogP contribution in [0.25, 0.3) is 166 Å². The minimum atomic E-state index is 0.625. The molecule has 0 amide bonds. The molecule has 0 bridgehead atoms. The van der Waals surface area contributed by atoms with Crippen molar-refractivity contribution < 1.29 is 0 Å². The summed E-state index contributed by atoms with van der Waals surface area (Å²) in [6.07, 6.45) is 0. The Morgan fingerprint density at radius 3 is 0.898 bits per heavy atom. The van der Waals surface area contributed by atoms with E-state index in [0.29, 0.717) is 5.82 Å². The molecule has 0 aliphatic rings. The fourth-order valence-corrected chi connectivity index (χ4v) is 14.1. The lowest BCUT2D eigenvalue weighted by atomic mass is 9.95.